The Morgan fingerprint density at radius 1 is 1.06 bits per heavy atom. The minimum absolute atomic E-state index is 0.0192. The molecule has 1 aliphatic rings. The Balaban J connectivity index is 1.48. The van der Waals surface area contributed by atoms with E-state index in [9.17, 15) is 27.6 Å². The lowest BCUT2D eigenvalue weighted by atomic mass is 10.1. The highest BCUT2D eigenvalue weighted by atomic mass is 35.5. The van der Waals surface area contributed by atoms with E-state index < -0.39 is 35.3 Å². The largest absolute Gasteiger partial charge is 0.457 e. The van der Waals surface area contributed by atoms with Crippen LogP contribution in [0.15, 0.2) is 70.0 Å². The summed E-state index contributed by atoms with van der Waals surface area (Å²) in [5, 5.41) is 2.39. The normalized spacial score (nSPS) is 15.3. The number of benzene rings is 2. The van der Waals surface area contributed by atoms with Gasteiger partial charge in [-0.3, -0.25) is 19.3 Å². The van der Waals surface area contributed by atoms with Crippen molar-refractivity contribution in [3.05, 3.63) is 81.9 Å². The Morgan fingerprint density at radius 3 is 2.47 bits per heavy atom. The third-order valence-corrected chi connectivity index (χ3v) is 5.86. The van der Waals surface area contributed by atoms with E-state index in [1.54, 1.807) is 24.3 Å². The SMILES string of the molecule is O=C(CN1C(=O)S/C(=C/c2ccc(-c3ccccc3C(F)(F)F)o2)C1=O)Nc1ccc(Cl)cc1. The predicted molar refractivity (Wildman–Crippen MR) is 122 cm³/mol. The summed E-state index contributed by atoms with van der Waals surface area (Å²) in [5.74, 6) is -1.26. The van der Waals surface area contributed by atoms with Crippen molar-refractivity contribution in [3.8, 4) is 11.3 Å². The first kappa shape index (κ1) is 23.7. The third-order valence-electron chi connectivity index (χ3n) is 4.70. The summed E-state index contributed by atoms with van der Waals surface area (Å²) in [6.07, 6.45) is -3.32. The zero-order chi connectivity index (χ0) is 24.5. The molecule has 2 aromatic carbocycles. The van der Waals surface area contributed by atoms with Crippen LogP contribution in [0.1, 0.15) is 11.3 Å². The Labute approximate surface area is 200 Å². The zero-order valence-corrected chi connectivity index (χ0v) is 18.6. The molecule has 2 heterocycles. The van der Waals surface area contributed by atoms with Crippen LogP contribution in [-0.4, -0.2) is 28.5 Å². The van der Waals surface area contributed by atoms with Gasteiger partial charge in [0.25, 0.3) is 11.1 Å². The van der Waals surface area contributed by atoms with Gasteiger partial charge in [-0.1, -0.05) is 29.8 Å². The molecule has 3 amide bonds. The summed E-state index contributed by atoms with van der Waals surface area (Å²) in [6, 6.07) is 14.0. The predicted octanol–water partition coefficient (Wildman–Crippen LogP) is 6.29. The molecule has 0 aliphatic carbocycles. The number of carbonyl (C=O) groups is 3. The molecule has 0 radical (unpaired) electrons. The Morgan fingerprint density at radius 2 is 1.76 bits per heavy atom. The van der Waals surface area contributed by atoms with Crippen molar-refractivity contribution in [3.63, 3.8) is 0 Å². The number of imide groups is 1. The zero-order valence-electron chi connectivity index (χ0n) is 17.1. The van der Waals surface area contributed by atoms with Gasteiger partial charge in [-0.05, 0) is 54.2 Å². The maximum atomic E-state index is 13.3. The van der Waals surface area contributed by atoms with Crippen molar-refractivity contribution in [2.24, 2.45) is 0 Å². The molecule has 1 saturated heterocycles. The molecule has 4 rings (SSSR count). The molecule has 1 aromatic heterocycles. The van der Waals surface area contributed by atoms with Gasteiger partial charge in [-0.15, -0.1) is 0 Å². The smallest absolute Gasteiger partial charge is 0.417 e. The van der Waals surface area contributed by atoms with E-state index in [1.165, 1.54) is 36.4 Å². The molecular formula is C23H14ClF3N2O4S. The van der Waals surface area contributed by atoms with Crippen LogP contribution in [0.5, 0.6) is 0 Å². The minimum atomic E-state index is -4.57. The molecule has 11 heteroatoms. The molecule has 174 valence electrons. The van der Waals surface area contributed by atoms with Crippen LogP contribution >= 0.6 is 23.4 Å². The first-order chi connectivity index (χ1) is 16.1. The molecule has 0 bridgehead atoms. The van der Waals surface area contributed by atoms with Crippen molar-refractivity contribution in [2.45, 2.75) is 6.18 Å². The monoisotopic (exact) mass is 506 g/mol. The Hall–Kier alpha value is -3.50. The second-order valence-corrected chi connectivity index (χ2v) is 8.50. The third kappa shape index (κ3) is 5.18. The van der Waals surface area contributed by atoms with Gasteiger partial charge in [0, 0.05) is 22.3 Å². The number of carbonyl (C=O) groups excluding carboxylic acids is 3. The van der Waals surface area contributed by atoms with Crippen molar-refractivity contribution in [1.29, 1.82) is 0 Å². The van der Waals surface area contributed by atoms with Crippen LogP contribution in [0.3, 0.4) is 0 Å². The standard InChI is InChI=1S/C23H14ClF3N2O4S/c24-13-5-7-14(8-6-13)28-20(30)12-29-21(31)19(34-22(29)32)11-15-9-10-18(33-15)16-3-1-2-4-17(16)23(25,26)27/h1-11H,12H2,(H,28,30)/b19-11+. The van der Waals surface area contributed by atoms with E-state index >= 15 is 0 Å². The van der Waals surface area contributed by atoms with Crippen molar-refractivity contribution in [2.75, 3.05) is 11.9 Å². The summed E-state index contributed by atoms with van der Waals surface area (Å²) >= 11 is 6.39. The number of anilines is 1. The average molecular weight is 507 g/mol. The average Bonchev–Trinajstić information content (AvgIpc) is 3.35. The fourth-order valence-electron chi connectivity index (χ4n) is 3.16. The summed E-state index contributed by atoms with van der Waals surface area (Å²) in [4.78, 5) is 37.9. The number of alkyl halides is 3. The van der Waals surface area contributed by atoms with Crippen molar-refractivity contribution < 1.29 is 32.0 Å². The van der Waals surface area contributed by atoms with Gasteiger partial charge in [0.2, 0.25) is 5.91 Å². The first-order valence-electron chi connectivity index (χ1n) is 9.69. The molecule has 1 N–H and O–H groups in total. The number of amides is 3. The highest BCUT2D eigenvalue weighted by molar-refractivity contribution is 8.18. The van der Waals surface area contributed by atoms with E-state index in [-0.39, 0.29) is 22.0 Å². The summed E-state index contributed by atoms with van der Waals surface area (Å²) < 4.78 is 45.3. The molecule has 1 fully saturated rings. The van der Waals surface area contributed by atoms with E-state index in [4.69, 9.17) is 16.0 Å². The second kappa shape index (κ2) is 9.40. The molecule has 6 nitrogen and oxygen atoms in total. The van der Waals surface area contributed by atoms with Gasteiger partial charge in [0.05, 0.1) is 10.5 Å². The van der Waals surface area contributed by atoms with Crippen LogP contribution in [0.2, 0.25) is 5.02 Å². The summed E-state index contributed by atoms with van der Waals surface area (Å²) in [5.41, 5.74) is -0.566. The Bertz CT molecular complexity index is 1300. The highest BCUT2D eigenvalue weighted by Gasteiger charge is 2.37. The maximum absolute atomic E-state index is 13.3. The van der Waals surface area contributed by atoms with Crippen LogP contribution in [-0.2, 0) is 15.8 Å². The van der Waals surface area contributed by atoms with Gasteiger partial charge in [-0.25, -0.2) is 0 Å². The lowest BCUT2D eigenvalue weighted by Gasteiger charge is -2.12. The summed E-state index contributed by atoms with van der Waals surface area (Å²) in [7, 11) is 0. The van der Waals surface area contributed by atoms with Crippen LogP contribution in [0, 0.1) is 0 Å². The number of nitrogens with zero attached hydrogens (tertiary/aromatic N) is 1. The molecule has 0 atom stereocenters. The number of furan rings is 1. The highest BCUT2D eigenvalue weighted by Crippen LogP contribution is 2.38. The first-order valence-corrected chi connectivity index (χ1v) is 10.9. The van der Waals surface area contributed by atoms with E-state index in [0.29, 0.717) is 22.5 Å². The summed E-state index contributed by atoms with van der Waals surface area (Å²) in [6.45, 7) is -0.507. The topological polar surface area (TPSA) is 79.6 Å². The molecule has 34 heavy (non-hydrogen) atoms. The number of nitrogens with one attached hydrogen (secondary N) is 1. The molecule has 3 aromatic rings. The van der Waals surface area contributed by atoms with E-state index in [1.807, 2.05) is 0 Å². The van der Waals surface area contributed by atoms with E-state index in [0.717, 1.165) is 11.0 Å². The fourth-order valence-corrected chi connectivity index (χ4v) is 4.11. The molecular weight excluding hydrogens is 493 g/mol. The number of hydrogen-bond donors (Lipinski definition) is 1. The van der Waals surface area contributed by atoms with E-state index in [2.05, 4.69) is 5.32 Å². The lowest BCUT2D eigenvalue weighted by Crippen LogP contribution is -2.36. The molecule has 0 saturated carbocycles. The lowest BCUT2D eigenvalue weighted by molar-refractivity contribution is -0.137. The van der Waals surface area contributed by atoms with Crippen molar-refractivity contribution >= 4 is 52.2 Å². The quantitative estimate of drug-likeness (QED) is 0.411. The van der Waals surface area contributed by atoms with Gasteiger partial charge >= 0.3 is 6.18 Å². The molecule has 0 spiro atoms. The fraction of sp³-hybridized carbons (Fsp3) is 0.0870. The number of rotatable bonds is 5. The minimum Gasteiger partial charge on any atom is -0.457 e. The van der Waals surface area contributed by atoms with Crippen LogP contribution in [0.4, 0.5) is 23.7 Å². The Kier molecular flexibility index (Phi) is 6.54. The van der Waals surface area contributed by atoms with Crippen LogP contribution < -0.4 is 5.32 Å². The maximum Gasteiger partial charge on any atom is 0.417 e. The van der Waals surface area contributed by atoms with Gasteiger partial charge in [-0.2, -0.15) is 13.2 Å². The number of thioether (sulfide) groups is 1. The van der Waals surface area contributed by atoms with Gasteiger partial charge < -0.3 is 9.73 Å². The van der Waals surface area contributed by atoms with Crippen molar-refractivity contribution in [1.82, 2.24) is 4.90 Å². The number of halogens is 4. The molecule has 1 aliphatic heterocycles. The van der Waals surface area contributed by atoms with Gasteiger partial charge in [0.1, 0.15) is 18.1 Å². The second-order valence-electron chi connectivity index (χ2n) is 7.07. The molecule has 0 unspecified atom stereocenters. The number of hydrogen-bond acceptors (Lipinski definition) is 5. The van der Waals surface area contributed by atoms with Gasteiger partial charge in [0.15, 0.2) is 0 Å². The van der Waals surface area contributed by atoms with Crippen LogP contribution in [0.25, 0.3) is 17.4 Å².